The number of ether oxygens (including phenoxy) is 1. The predicted octanol–water partition coefficient (Wildman–Crippen LogP) is 2.50. The van der Waals surface area contributed by atoms with Crippen molar-refractivity contribution in [3.8, 4) is 5.88 Å². The summed E-state index contributed by atoms with van der Waals surface area (Å²) in [7, 11) is -2.17. The van der Waals surface area contributed by atoms with E-state index in [1.807, 2.05) is 19.1 Å². The molecule has 1 fully saturated rings. The van der Waals surface area contributed by atoms with Crippen LogP contribution in [0.1, 0.15) is 35.6 Å². The topological polar surface area (TPSA) is 88.5 Å². The van der Waals surface area contributed by atoms with Crippen molar-refractivity contribution in [1.29, 1.82) is 0 Å². The number of nitrogens with zero attached hydrogens (tertiary/aromatic N) is 1. The zero-order valence-corrected chi connectivity index (χ0v) is 16.0. The molecule has 0 spiro atoms. The van der Waals surface area contributed by atoms with Crippen LogP contribution in [-0.4, -0.2) is 31.7 Å². The third-order valence-corrected chi connectivity index (χ3v) is 6.45. The van der Waals surface area contributed by atoms with Crippen molar-refractivity contribution < 1.29 is 18.3 Å². The Morgan fingerprint density at radius 3 is 2.54 bits per heavy atom. The highest BCUT2D eigenvalue weighted by Gasteiger charge is 2.37. The maximum atomic E-state index is 13.0. The van der Waals surface area contributed by atoms with Gasteiger partial charge in [0.25, 0.3) is 0 Å². The van der Waals surface area contributed by atoms with Crippen LogP contribution in [0, 0.1) is 19.8 Å². The lowest BCUT2D eigenvalue weighted by molar-refractivity contribution is 0.0279. The molecule has 0 aliphatic heterocycles. The standard InChI is InChI=1S/C19H24N2O4S/c1-12-4-5-13(2)17(8-12)26(23,24)21-19(15-9-16(22)10-15)14-6-7-18(25-3)20-11-14/h4-8,11,15-16,19,21-22H,9-10H2,1-3H3. The molecular formula is C19H24N2O4S. The predicted molar refractivity (Wildman–Crippen MR) is 98.5 cm³/mol. The average Bonchev–Trinajstić information content (AvgIpc) is 2.59. The second-order valence-corrected chi connectivity index (χ2v) is 8.57. The van der Waals surface area contributed by atoms with Crippen molar-refractivity contribution in [2.45, 2.75) is 43.7 Å². The molecule has 0 radical (unpaired) electrons. The van der Waals surface area contributed by atoms with Gasteiger partial charge in [0, 0.05) is 12.3 Å². The number of rotatable bonds is 6. The summed E-state index contributed by atoms with van der Waals surface area (Å²) in [6.07, 6.45) is 2.37. The molecule has 0 bridgehead atoms. The Bertz CT molecular complexity index is 875. The molecule has 1 heterocycles. The molecule has 1 unspecified atom stereocenters. The molecule has 0 saturated heterocycles. The third kappa shape index (κ3) is 3.90. The van der Waals surface area contributed by atoms with Gasteiger partial charge in [-0.25, -0.2) is 18.1 Å². The molecule has 1 saturated carbocycles. The second kappa shape index (κ2) is 7.34. The summed E-state index contributed by atoms with van der Waals surface area (Å²) < 4.78 is 33.9. The number of sulfonamides is 1. The van der Waals surface area contributed by atoms with Gasteiger partial charge in [-0.05, 0) is 55.4 Å². The van der Waals surface area contributed by atoms with Crippen LogP contribution in [0.5, 0.6) is 5.88 Å². The molecule has 140 valence electrons. The summed E-state index contributed by atoms with van der Waals surface area (Å²) in [5.74, 6) is 0.499. The lowest BCUT2D eigenvalue weighted by Gasteiger charge is -2.38. The number of aliphatic hydroxyl groups is 1. The van der Waals surface area contributed by atoms with E-state index in [1.165, 1.54) is 7.11 Å². The van der Waals surface area contributed by atoms with Crippen LogP contribution in [0.2, 0.25) is 0 Å². The van der Waals surface area contributed by atoms with Gasteiger partial charge in [0.1, 0.15) is 0 Å². The van der Waals surface area contributed by atoms with E-state index in [4.69, 9.17) is 4.74 Å². The number of aliphatic hydroxyl groups excluding tert-OH is 1. The van der Waals surface area contributed by atoms with Crippen LogP contribution in [-0.2, 0) is 10.0 Å². The van der Waals surface area contributed by atoms with Gasteiger partial charge < -0.3 is 9.84 Å². The number of aryl methyl sites for hydroxylation is 2. The number of hydrogen-bond donors (Lipinski definition) is 2. The fourth-order valence-corrected chi connectivity index (χ4v) is 4.89. The number of aromatic nitrogens is 1. The molecule has 1 aliphatic rings. The largest absolute Gasteiger partial charge is 0.481 e. The lowest BCUT2D eigenvalue weighted by Crippen LogP contribution is -2.41. The summed E-state index contributed by atoms with van der Waals surface area (Å²) in [5, 5.41) is 9.68. The van der Waals surface area contributed by atoms with Crippen molar-refractivity contribution >= 4 is 10.0 Å². The molecule has 7 heteroatoms. The van der Waals surface area contributed by atoms with E-state index in [1.54, 1.807) is 31.3 Å². The Morgan fingerprint density at radius 1 is 1.23 bits per heavy atom. The van der Waals surface area contributed by atoms with Crippen LogP contribution in [0.3, 0.4) is 0 Å². The van der Waals surface area contributed by atoms with Crippen LogP contribution in [0.25, 0.3) is 0 Å². The number of pyridine rings is 1. The molecule has 1 atom stereocenters. The van der Waals surface area contributed by atoms with E-state index in [-0.39, 0.29) is 16.9 Å². The van der Waals surface area contributed by atoms with Crippen LogP contribution in [0.15, 0.2) is 41.4 Å². The highest BCUT2D eigenvalue weighted by atomic mass is 32.2. The van der Waals surface area contributed by atoms with Gasteiger partial charge in [0.05, 0.1) is 24.2 Å². The smallest absolute Gasteiger partial charge is 0.241 e. The first-order chi connectivity index (χ1) is 12.3. The van der Waals surface area contributed by atoms with Crippen molar-refractivity contribution in [2.24, 2.45) is 5.92 Å². The molecular weight excluding hydrogens is 352 g/mol. The van der Waals surface area contributed by atoms with Crippen LogP contribution in [0.4, 0.5) is 0 Å². The van der Waals surface area contributed by atoms with Crippen molar-refractivity contribution in [3.63, 3.8) is 0 Å². The lowest BCUT2D eigenvalue weighted by atomic mass is 9.76. The van der Waals surface area contributed by atoms with Crippen molar-refractivity contribution in [3.05, 3.63) is 53.2 Å². The number of benzene rings is 1. The fraction of sp³-hybridized carbons (Fsp3) is 0.421. The summed E-state index contributed by atoms with van der Waals surface area (Å²) in [4.78, 5) is 4.47. The summed E-state index contributed by atoms with van der Waals surface area (Å²) in [6, 6.07) is 8.46. The van der Waals surface area contributed by atoms with Gasteiger partial charge in [-0.15, -0.1) is 0 Å². The number of methoxy groups -OCH3 is 1. The molecule has 1 aliphatic carbocycles. The van der Waals surface area contributed by atoms with Crippen molar-refractivity contribution in [2.75, 3.05) is 7.11 Å². The average molecular weight is 376 g/mol. The molecule has 2 N–H and O–H groups in total. The molecule has 0 amide bonds. The maximum absolute atomic E-state index is 13.0. The minimum atomic E-state index is -3.71. The minimum absolute atomic E-state index is 0.0279. The van der Waals surface area contributed by atoms with E-state index < -0.39 is 16.1 Å². The molecule has 6 nitrogen and oxygen atoms in total. The Balaban J connectivity index is 1.93. The van der Waals surface area contributed by atoms with Gasteiger partial charge in [-0.3, -0.25) is 0 Å². The minimum Gasteiger partial charge on any atom is -0.481 e. The maximum Gasteiger partial charge on any atom is 0.241 e. The molecule has 1 aromatic carbocycles. The monoisotopic (exact) mass is 376 g/mol. The normalized spacial score (nSPS) is 21.1. The first-order valence-corrected chi connectivity index (χ1v) is 10.1. The molecule has 1 aromatic heterocycles. The third-order valence-electron chi connectivity index (χ3n) is 4.86. The van der Waals surface area contributed by atoms with E-state index in [0.29, 0.717) is 24.3 Å². The van der Waals surface area contributed by atoms with Gasteiger partial charge in [0.15, 0.2) is 0 Å². The SMILES string of the molecule is COc1ccc(C(NS(=O)(=O)c2cc(C)ccc2C)C2CC(O)C2)cn1. The summed E-state index contributed by atoms with van der Waals surface area (Å²) in [5.41, 5.74) is 2.35. The highest BCUT2D eigenvalue weighted by Crippen LogP contribution is 2.39. The molecule has 3 rings (SSSR count). The second-order valence-electron chi connectivity index (χ2n) is 6.89. The Hall–Kier alpha value is -1.96. The first-order valence-electron chi connectivity index (χ1n) is 8.58. The zero-order valence-electron chi connectivity index (χ0n) is 15.1. The highest BCUT2D eigenvalue weighted by molar-refractivity contribution is 7.89. The van der Waals surface area contributed by atoms with E-state index in [9.17, 15) is 13.5 Å². The van der Waals surface area contributed by atoms with E-state index in [0.717, 1.165) is 11.1 Å². The molecule has 2 aromatic rings. The van der Waals surface area contributed by atoms with Gasteiger partial charge in [0.2, 0.25) is 15.9 Å². The van der Waals surface area contributed by atoms with Crippen LogP contribution < -0.4 is 9.46 Å². The fourth-order valence-electron chi connectivity index (χ4n) is 3.26. The van der Waals surface area contributed by atoms with Crippen molar-refractivity contribution in [1.82, 2.24) is 9.71 Å². The van der Waals surface area contributed by atoms with Crippen LogP contribution >= 0.6 is 0 Å². The Labute approximate surface area is 154 Å². The zero-order chi connectivity index (χ0) is 18.9. The van der Waals surface area contributed by atoms with Gasteiger partial charge in [-0.2, -0.15) is 0 Å². The Morgan fingerprint density at radius 2 is 1.96 bits per heavy atom. The first kappa shape index (κ1) is 18.8. The van der Waals surface area contributed by atoms with Gasteiger partial charge >= 0.3 is 0 Å². The number of nitrogens with one attached hydrogen (secondary N) is 1. The van der Waals surface area contributed by atoms with Gasteiger partial charge in [-0.1, -0.05) is 18.2 Å². The Kier molecular flexibility index (Phi) is 5.32. The van der Waals surface area contributed by atoms with E-state index >= 15 is 0 Å². The number of hydrogen-bond acceptors (Lipinski definition) is 5. The molecule has 26 heavy (non-hydrogen) atoms. The van der Waals surface area contributed by atoms with E-state index in [2.05, 4.69) is 9.71 Å². The quantitative estimate of drug-likeness (QED) is 0.809. The summed E-state index contributed by atoms with van der Waals surface area (Å²) >= 11 is 0. The summed E-state index contributed by atoms with van der Waals surface area (Å²) in [6.45, 7) is 3.65.